The molecule has 0 spiro atoms. The Morgan fingerprint density at radius 1 is 1.20 bits per heavy atom. The van der Waals surface area contributed by atoms with E-state index in [0.29, 0.717) is 5.56 Å². The monoisotopic (exact) mass is 244 g/mol. The maximum atomic E-state index is 10.6. The van der Waals surface area contributed by atoms with Crippen LogP contribution in [0.1, 0.15) is 10.4 Å². The molecule has 80 valence electrons. The van der Waals surface area contributed by atoms with Gasteiger partial charge in [0.05, 0.1) is 0 Å². The molecule has 0 fully saturated rings. The zero-order valence-electron chi connectivity index (χ0n) is 8.04. The average molecular weight is 244 g/mol. The topological polar surface area (TPSA) is 55.1 Å². The second-order valence-electron chi connectivity index (χ2n) is 2.61. The number of hydrazine groups is 1. The third-order valence-electron chi connectivity index (χ3n) is 1.61. The summed E-state index contributed by atoms with van der Waals surface area (Å²) in [6, 6.07) is 17.0. The second kappa shape index (κ2) is 8.00. The van der Waals surface area contributed by atoms with E-state index in [0.717, 1.165) is 0 Å². The number of hydrogen-bond donors (Lipinski definition) is 2. The molecule has 4 heteroatoms. The largest absolute Gasteiger partial charge is 2.00 e. The summed E-state index contributed by atoms with van der Waals surface area (Å²) >= 11 is 0. The summed E-state index contributed by atoms with van der Waals surface area (Å²) in [5, 5.41) is 0. The smallest absolute Gasteiger partial charge is 0.330 e. The van der Waals surface area contributed by atoms with Gasteiger partial charge in [0.25, 0.3) is 0 Å². The van der Waals surface area contributed by atoms with Gasteiger partial charge in [0.1, 0.15) is 0 Å². The van der Waals surface area contributed by atoms with E-state index < -0.39 is 0 Å². The zero-order valence-corrected chi connectivity index (χ0v) is 9.14. The molecule has 0 bridgehead atoms. The van der Waals surface area contributed by atoms with Crippen LogP contribution in [0.25, 0.3) is 0 Å². The van der Waals surface area contributed by atoms with Crippen molar-refractivity contribution in [3.63, 3.8) is 0 Å². The molecule has 0 aliphatic heterocycles. The van der Waals surface area contributed by atoms with Crippen LogP contribution in [-0.2, 0) is 17.1 Å². The van der Waals surface area contributed by atoms with Crippen molar-refractivity contribution in [2.24, 2.45) is 5.84 Å². The van der Waals surface area contributed by atoms with Crippen LogP contribution in [0, 0.1) is 0 Å². The Balaban J connectivity index is 0.000000280. The SMILES string of the molecule is NNC(=O)c1ccc[cH-]1.[Fe+2].c1cc[cH-]c1. The van der Waals surface area contributed by atoms with Crippen molar-refractivity contribution in [3.05, 3.63) is 60.2 Å². The van der Waals surface area contributed by atoms with Gasteiger partial charge >= 0.3 is 17.1 Å². The fraction of sp³-hybridized carbons (Fsp3) is 0. The molecule has 0 atom stereocenters. The number of amides is 1. The first-order chi connectivity index (χ1) is 6.84. The molecule has 3 N–H and O–H groups in total. The van der Waals surface area contributed by atoms with E-state index in [-0.39, 0.29) is 23.0 Å². The number of rotatable bonds is 1. The van der Waals surface area contributed by atoms with E-state index in [1.807, 2.05) is 35.8 Å². The zero-order chi connectivity index (χ0) is 10.2. The van der Waals surface area contributed by atoms with Gasteiger partial charge in [-0.1, -0.05) is 5.56 Å². The molecule has 0 saturated heterocycles. The first-order valence-corrected chi connectivity index (χ1v) is 4.24. The summed E-state index contributed by atoms with van der Waals surface area (Å²) in [6.07, 6.45) is 0. The van der Waals surface area contributed by atoms with Crippen molar-refractivity contribution < 1.29 is 21.9 Å². The molecule has 1 amide bonds. The molecular weight excluding hydrogens is 232 g/mol. The van der Waals surface area contributed by atoms with E-state index in [1.54, 1.807) is 24.3 Å². The van der Waals surface area contributed by atoms with Crippen molar-refractivity contribution in [3.8, 4) is 0 Å². The van der Waals surface area contributed by atoms with Gasteiger partial charge in [-0.3, -0.25) is 5.84 Å². The molecule has 2 aromatic rings. The Hall–Kier alpha value is -1.35. The van der Waals surface area contributed by atoms with E-state index in [4.69, 9.17) is 5.84 Å². The van der Waals surface area contributed by atoms with Crippen molar-refractivity contribution in [1.82, 2.24) is 5.43 Å². The average Bonchev–Trinajstić information content (AvgIpc) is 2.91. The third kappa shape index (κ3) is 5.18. The van der Waals surface area contributed by atoms with Gasteiger partial charge in [0.2, 0.25) is 0 Å². The third-order valence-corrected chi connectivity index (χ3v) is 1.61. The molecule has 3 nitrogen and oxygen atoms in total. The first kappa shape index (κ1) is 13.6. The van der Waals surface area contributed by atoms with Gasteiger partial charge in [-0.2, -0.15) is 36.4 Å². The Morgan fingerprint density at radius 3 is 2.20 bits per heavy atom. The molecule has 0 unspecified atom stereocenters. The fourth-order valence-corrected chi connectivity index (χ4v) is 0.929. The summed E-state index contributed by atoms with van der Waals surface area (Å²) in [4.78, 5) is 10.6. The van der Waals surface area contributed by atoms with E-state index in [1.165, 1.54) is 0 Å². The molecule has 2 rings (SSSR count). The summed E-state index contributed by atoms with van der Waals surface area (Å²) in [5.74, 6) is 4.61. The number of hydrogen-bond acceptors (Lipinski definition) is 2. The van der Waals surface area contributed by atoms with Gasteiger partial charge in [0, 0.05) is 0 Å². The van der Waals surface area contributed by atoms with Gasteiger partial charge in [-0.25, -0.2) is 12.1 Å². The van der Waals surface area contributed by atoms with Gasteiger partial charge in [-0.05, 0) is 0 Å². The number of nitrogen functional groups attached to an aromatic ring is 1. The quantitative estimate of drug-likeness (QED) is 0.262. The molecule has 0 aliphatic rings. The van der Waals surface area contributed by atoms with Crippen LogP contribution < -0.4 is 11.3 Å². The molecule has 15 heavy (non-hydrogen) atoms. The Labute approximate surface area is 99.5 Å². The Bertz CT molecular complexity index is 323. The molecule has 0 aromatic heterocycles. The maximum absolute atomic E-state index is 10.6. The van der Waals surface area contributed by atoms with Crippen LogP contribution in [0.5, 0.6) is 0 Å². The minimum atomic E-state index is -0.250. The minimum absolute atomic E-state index is 0. The summed E-state index contributed by atoms with van der Waals surface area (Å²) in [6.45, 7) is 0. The maximum Gasteiger partial charge on any atom is 2.00 e. The Morgan fingerprint density at radius 2 is 1.87 bits per heavy atom. The molecule has 0 radical (unpaired) electrons. The predicted octanol–water partition coefficient (Wildman–Crippen LogP) is 1.41. The van der Waals surface area contributed by atoms with Crippen LogP contribution in [0.15, 0.2) is 54.6 Å². The normalized spacial score (nSPS) is 8.07. The van der Waals surface area contributed by atoms with Crippen LogP contribution in [0.2, 0.25) is 0 Å². The predicted molar refractivity (Wildman–Crippen MR) is 55.7 cm³/mol. The number of carbonyl (C=O) groups is 1. The van der Waals surface area contributed by atoms with Crippen molar-refractivity contribution in [1.29, 1.82) is 0 Å². The number of nitrogens with two attached hydrogens (primary N) is 1. The molecule has 2 aromatic carbocycles. The molecular formula is C11H12FeN2O. The standard InChI is InChI=1S/C6H7N2O.C5H5.Fe/c7-8-6(9)5-3-1-2-4-5;1-2-4-5-3-1;/h1-4H,7H2,(H,8,9);1-5H;/q2*-1;+2. The van der Waals surface area contributed by atoms with Crippen molar-refractivity contribution in [2.75, 3.05) is 0 Å². The van der Waals surface area contributed by atoms with Crippen LogP contribution in [0.4, 0.5) is 0 Å². The number of carbonyl (C=O) groups excluding carboxylic acids is 1. The van der Waals surface area contributed by atoms with E-state index in [2.05, 4.69) is 0 Å². The summed E-state index contributed by atoms with van der Waals surface area (Å²) in [5.41, 5.74) is 2.62. The van der Waals surface area contributed by atoms with Crippen LogP contribution in [-0.4, -0.2) is 5.91 Å². The number of nitrogens with one attached hydrogen (secondary N) is 1. The van der Waals surface area contributed by atoms with Gasteiger partial charge < -0.3 is 10.2 Å². The molecule has 0 aliphatic carbocycles. The van der Waals surface area contributed by atoms with Crippen molar-refractivity contribution in [2.45, 2.75) is 0 Å². The van der Waals surface area contributed by atoms with Gasteiger partial charge in [0.15, 0.2) is 5.91 Å². The van der Waals surface area contributed by atoms with Gasteiger partial charge in [-0.15, -0.1) is 6.07 Å². The summed E-state index contributed by atoms with van der Waals surface area (Å²) < 4.78 is 0. The summed E-state index contributed by atoms with van der Waals surface area (Å²) in [7, 11) is 0. The minimum Gasteiger partial charge on any atom is -0.330 e. The van der Waals surface area contributed by atoms with Crippen molar-refractivity contribution >= 4 is 5.91 Å². The molecule has 0 heterocycles. The fourth-order valence-electron chi connectivity index (χ4n) is 0.929. The first-order valence-electron chi connectivity index (χ1n) is 4.24. The Kier molecular flexibility index (Phi) is 7.28. The molecule has 0 saturated carbocycles. The van der Waals surface area contributed by atoms with E-state index in [9.17, 15) is 4.79 Å². The van der Waals surface area contributed by atoms with Crippen LogP contribution in [0.3, 0.4) is 0 Å². The van der Waals surface area contributed by atoms with E-state index >= 15 is 0 Å². The van der Waals surface area contributed by atoms with Crippen LogP contribution >= 0.6 is 0 Å². The second-order valence-corrected chi connectivity index (χ2v) is 2.61.